The third kappa shape index (κ3) is 5.17. The quantitative estimate of drug-likeness (QED) is 0.473. The maximum atomic E-state index is 12.8. The molecule has 1 aromatic rings. The molecule has 0 aliphatic heterocycles. The van der Waals surface area contributed by atoms with Crippen molar-refractivity contribution in [2.24, 2.45) is 5.92 Å². The molecule has 0 spiro atoms. The minimum absolute atomic E-state index is 0.259. The van der Waals surface area contributed by atoms with Gasteiger partial charge in [0.05, 0.1) is 17.3 Å². The molecule has 0 saturated heterocycles. The number of rotatable bonds is 8. The van der Waals surface area contributed by atoms with E-state index in [2.05, 4.69) is 11.9 Å². The van der Waals surface area contributed by atoms with Crippen molar-refractivity contribution in [1.82, 2.24) is 5.32 Å². The van der Waals surface area contributed by atoms with Crippen molar-refractivity contribution >= 4 is 27.2 Å². The van der Waals surface area contributed by atoms with Gasteiger partial charge in [-0.15, -0.1) is 0 Å². The summed E-state index contributed by atoms with van der Waals surface area (Å²) in [7, 11) is -1.98. The highest BCUT2D eigenvalue weighted by Crippen LogP contribution is 2.32. The second-order valence-corrected chi connectivity index (χ2v) is 10.9. The predicted molar refractivity (Wildman–Crippen MR) is 119 cm³/mol. The molecule has 0 heterocycles. The first kappa shape index (κ1) is 22.7. The molecule has 0 radical (unpaired) electrons. The summed E-state index contributed by atoms with van der Waals surface area (Å²) in [5.74, 6) is 0.167. The third-order valence-electron chi connectivity index (χ3n) is 6.55. The van der Waals surface area contributed by atoms with Crippen LogP contribution in [-0.2, 0) is 19.4 Å². The monoisotopic (exact) mass is 434 g/mol. The number of sulfone groups is 1. The van der Waals surface area contributed by atoms with Gasteiger partial charge in [-0.25, -0.2) is 13.2 Å². The molecule has 30 heavy (non-hydrogen) atoms. The van der Waals surface area contributed by atoms with Gasteiger partial charge >= 0.3 is 5.97 Å². The zero-order valence-electron chi connectivity index (χ0n) is 17.9. The minimum Gasteiger partial charge on any atom is -0.467 e. The van der Waals surface area contributed by atoms with Crippen LogP contribution < -0.4 is 11.1 Å². The number of nitrogens with one attached hydrogen (secondary N) is 1. The first-order chi connectivity index (χ1) is 14.3. The average Bonchev–Trinajstić information content (AvgIpc) is 3.29. The van der Waals surface area contributed by atoms with Gasteiger partial charge in [-0.3, -0.25) is 0 Å². The molecule has 166 valence electrons. The van der Waals surface area contributed by atoms with Gasteiger partial charge in [-0.2, -0.15) is 0 Å². The Morgan fingerprint density at radius 2 is 1.80 bits per heavy atom. The Morgan fingerprint density at radius 1 is 1.17 bits per heavy atom. The highest BCUT2D eigenvalue weighted by Gasteiger charge is 2.31. The molecule has 7 heteroatoms. The number of nitrogens with two attached hydrogens (primary N) is 1. The van der Waals surface area contributed by atoms with Crippen LogP contribution >= 0.6 is 0 Å². The number of carbonyl (C=O) groups is 1. The smallest absolute Gasteiger partial charge is 0.328 e. The Balaban J connectivity index is 1.73. The molecular weight excluding hydrogens is 400 g/mol. The lowest BCUT2D eigenvalue weighted by molar-refractivity contribution is -0.143. The third-order valence-corrected chi connectivity index (χ3v) is 8.81. The fourth-order valence-corrected chi connectivity index (χ4v) is 6.67. The van der Waals surface area contributed by atoms with E-state index in [9.17, 15) is 13.2 Å². The van der Waals surface area contributed by atoms with Gasteiger partial charge in [0.1, 0.15) is 6.04 Å². The highest BCUT2D eigenvalue weighted by atomic mass is 32.2. The molecule has 0 bridgehead atoms. The normalized spacial score (nSPS) is 19.4. The van der Waals surface area contributed by atoms with E-state index in [1.54, 1.807) is 12.1 Å². The summed E-state index contributed by atoms with van der Waals surface area (Å²) < 4.78 is 30.7. The van der Waals surface area contributed by atoms with Crippen molar-refractivity contribution < 1.29 is 17.9 Å². The van der Waals surface area contributed by atoms with Gasteiger partial charge in [0.15, 0.2) is 9.84 Å². The number of anilines is 1. The number of esters is 1. The fraction of sp³-hybridized carbons (Fsp3) is 0.609. The highest BCUT2D eigenvalue weighted by molar-refractivity contribution is 7.92. The summed E-state index contributed by atoms with van der Waals surface area (Å²) in [5.41, 5.74) is 7.66. The van der Waals surface area contributed by atoms with E-state index >= 15 is 0 Å². The second-order valence-electron chi connectivity index (χ2n) is 8.64. The number of carbonyl (C=O) groups excluding carboxylic acids is 1. The Morgan fingerprint density at radius 3 is 2.40 bits per heavy atom. The van der Waals surface area contributed by atoms with Crippen LogP contribution in [0, 0.1) is 5.92 Å². The summed E-state index contributed by atoms with van der Waals surface area (Å²) in [4.78, 5) is 12.6. The maximum Gasteiger partial charge on any atom is 0.328 e. The summed E-state index contributed by atoms with van der Waals surface area (Å²) in [5, 5.41) is 2.87. The number of benzene rings is 1. The van der Waals surface area contributed by atoms with Crippen molar-refractivity contribution in [3.63, 3.8) is 0 Å². The standard InChI is InChI=1S/C23H34N2O4S/c1-16(25-22(23(26)29-2)14-17-8-4-3-5-9-17)20-13-12-19(15-21(20)24)30(27,28)18-10-6-7-11-18/h12-13,15,17-18,22,25H,1,3-11,14,24H2,2H3. The van der Waals surface area contributed by atoms with Gasteiger partial charge in [-0.1, -0.05) is 51.5 Å². The predicted octanol–water partition coefficient (Wildman–Crippen LogP) is 4.06. The molecule has 0 aromatic heterocycles. The molecular formula is C23H34N2O4S. The van der Waals surface area contributed by atoms with Crippen LogP contribution in [0.5, 0.6) is 0 Å². The van der Waals surface area contributed by atoms with Crippen LogP contribution in [0.25, 0.3) is 5.70 Å². The molecule has 1 atom stereocenters. The Bertz CT molecular complexity index is 869. The van der Waals surface area contributed by atoms with E-state index in [0.717, 1.165) is 25.7 Å². The summed E-state index contributed by atoms with van der Waals surface area (Å²) in [6.07, 6.45) is 9.91. The molecule has 2 aliphatic carbocycles. The molecule has 2 aliphatic rings. The average molecular weight is 435 g/mol. The molecule has 3 N–H and O–H groups in total. The Labute approximate surface area is 180 Å². The lowest BCUT2D eigenvalue weighted by atomic mass is 9.84. The van der Waals surface area contributed by atoms with Crippen molar-refractivity contribution in [2.45, 2.75) is 80.4 Å². The van der Waals surface area contributed by atoms with E-state index in [-0.39, 0.29) is 16.1 Å². The van der Waals surface area contributed by atoms with Crippen molar-refractivity contribution in [3.05, 3.63) is 30.3 Å². The van der Waals surface area contributed by atoms with E-state index in [1.165, 1.54) is 32.4 Å². The van der Waals surface area contributed by atoms with Gasteiger partial charge in [-0.05, 0) is 43.4 Å². The SMILES string of the molecule is C=C(NC(CC1CCCCC1)C(=O)OC)c1ccc(S(=O)(=O)C2CCCC2)cc1N. The van der Waals surface area contributed by atoms with Gasteiger partial charge in [0.2, 0.25) is 0 Å². The first-order valence-corrected chi connectivity index (χ1v) is 12.5. The van der Waals surface area contributed by atoms with Gasteiger partial charge < -0.3 is 15.8 Å². The van der Waals surface area contributed by atoms with E-state index in [1.807, 2.05) is 0 Å². The molecule has 6 nitrogen and oxygen atoms in total. The molecule has 2 saturated carbocycles. The molecule has 1 unspecified atom stereocenters. The lowest BCUT2D eigenvalue weighted by Crippen LogP contribution is -2.38. The summed E-state index contributed by atoms with van der Waals surface area (Å²) in [6, 6.07) is 4.30. The summed E-state index contributed by atoms with van der Waals surface area (Å²) >= 11 is 0. The number of nitrogen functional groups attached to an aromatic ring is 1. The first-order valence-electron chi connectivity index (χ1n) is 11.0. The minimum atomic E-state index is -3.37. The molecule has 3 rings (SSSR count). The van der Waals surface area contributed by atoms with Crippen LogP contribution in [0.4, 0.5) is 5.69 Å². The number of hydrogen-bond acceptors (Lipinski definition) is 6. The molecule has 0 amide bonds. The van der Waals surface area contributed by atoms with E-state index < -0.39 is 15.9 Å². The van der Waals surface area contributed by atoms with Crippen molar-refractivity contribution in [1.29, 1.82) is 0 Å². The number of methoxy groups -OCH3 is 1. The van der Waals surface area contributed by atoms with Crippen LogP contribution in [0.1, 0.15) is 69.8 Å². The van der Waals surface area contributed by atoms with E-state index in [0.29, 0.717) is 42.1 Å². The topological polar surface area (TPSA) is 98.5 Å². The van der Waals surface area contributed by atoms with Gasteiger partial charge in [0.25, 0.3) is 0 Å². The summed E-state index contributed by atoms with van der Waals surface area (Å²) in [6.45, 7) is 4.06. The zero-order valence-corrected chi connectivity index (χ0v) is 18.7. The van der Waals surface area contributed by atoms with Crippen LogP contribution in [0.3, 0.4) is 0 Å². The Hall–Kier alpha value is -2.02. The van der Waals surface area contributed by atoms with Gasteiger partial charge in [0, 0.05) is 16.9 Å². The largest absolute Gasteiger partial charge is 0.467 e. The lowest BCUT2D eigenvalue weighted by Gasteiger charge is -2.27. The van der Waals surface area contributed by atoms with E-state index in [4.69, 9.17) is 10.5 Å². The second kappa shape index (κ2) is 9.86. The fourth-order valence-electron chi connectivity index (χ4n) is 4.78. The molecule has 1 aromatic carbocycles. The Kier molecular flexibility index (Phi) is 7.45. The van der Waals surface area contributed by atoms with Crippen LogP contribution in [0.2, 0.25) is 0 Å². The number of ether oxygens (including phenoxy) is 1. The molecule has 2 fully saturated rings. The zero-order chi connectivity index (χ0) is 21.7. The van der Waals surface area contributed by atoms with Crippen LogP contribution in [-0.4, -0.2) is 32.8 Å². The maximum absolute atomic E-state index is 12.8. The van der Waals surface area contributed by atoms with Crippen LogP contribution in [0.15, 0.2) is 29.7 Å². The van der Waals surface area contributed by atoms with Crippen molar-refractivity contribution in [3.8, 4) is 0 Å². The number of hydrogen-bond donors (Lipinski definition) is 2. The van der Waals surface area contributed by atoms with Crippen molar-refractivity contribution in [2.75, 3.05) is 12.8 Å².